The molecule has 3 heteroatoms. The first kappa shape index (κ1) is 15.8. The molecule has 0 heterocycles. The predicted molar refractivity (Wildman–Crippen MR) is 86.1 cm³/mol. The lowest BCUT2D eigenvalue weighted by molar-refractivity contribution is 0.101. The minimum atomic E-state index is 0.0784. The van der Waals surface area contributed by atoms with E-state index < -0.39 is 0 Å². The molecule has 0 N–H and O–H groups in total. The largest absolute Gasteiger partial charge is 0.489 e. The summed E-state index contributed by atoms with van der Waals surface area (Å²) in [5.41, 5.74) is 5.54. The normalized spacial score (nSPS) is 10.1. The van der Waals surface area contributed by atoms with E-state index in [4.69, 9.17) is 10.00 Å². The van der Waals surface area contributed by atoms with Crippen molar-refractivity contribution in [2.45, 2.75) is 34.3 Å². The van der Waals surface area contributed by atoms with Crippen LogP contribution in [0.3, 0.4) is 0 Å². The third kappa shape index (κ3) is 3.17. The van der Waals surface area contributed by atoms with Gasteiger partial charge in [0.05, 0.1) is 11.6 Å². The minimum Gasteiger partial charge on any atom is -0.489 e. The summed E-state index contributed by atoms with van der Waals surface area (Å²) in [6, 6.07) is 11.1. The van der Waals surface area contributed by atoms with Gasteiger partial charge in [0.25, 0.3) is 0 Å². The molecule has 0 fully saturated rings. The van der Waals surface area contributed by atoms with Gasteiger partial charge < -0.3 is 4.74 Å². The highest BCUT2D eigenvalue weighted by Gasteiger charge is 2.14. The van der Waals surface area contributed by atoms with Gasteiger partial charge in [0.15, 0.2) is 5.78 Å². The summed E-state index contributed by atoms with van der Waals surface area (Å²) in [6.07, 6.45) is 0. The lowest BCUT2D eigenvalue weighted by atomic mass is 9.92. The van der Waals surface area contributed by atoms with Crippen molar-refractivity contribution >= 4 is 5.78 Å². The third-order valence-electron chi connectivity index (χ3n) is 3.85. The Morgan fingerprint density at radius 3 is 2.32 bits per heavy atom. The average molecular weight is 293 g/mol. The third-order valence-corrected chi connectivity index (χ3v) is 3.85. The summed E-state index contributed by atoms with van der Waals surface area (Å²) in [5.74, 6) is 0.789. The Labute approximate surface area is 131 Å². The van der Waals surface area contributed by atoms with Crippen LogP contribution in [0.5, 0.6) is 5.75 Å². The average Bonchev–Trinajstić information content (AvgIpc) is 2.46. The van der Waals surface area contributed by atoms with Gasteiger partial charge in [0.2, 0.25) is 0 Å². The van der Waals surface area contributed by atoms with Gasteiger partial charge in [-0.2, -0.15) is 5.26 Å². The number of nitrogens with zero attached hydrogens (tertiary/aromatic N) is 1. The zero-order valence-corrected chi connectivity index (χ0v) is 13.4. The number of Topliss-reactive ketones (excluding diaryl/α,β-unsaturated/α-hetero) is 1. The zero-order chi connectivity index (χ0) is 16.3. The summed E-state index contributed by atoms with van der Waals surface area (Å²) in [4.78, 5) is 11.8. The highest BCUT2D eigenvalue weighted by molar-refractivity contribution is 5.97. The van der Waals surface area contributed by atoms with E-state index in [1.54, 1.807) is 31.2 Å². The number of benzene rings is 2. The fourth-order valence-electron chi connectivity index (χ4n) is 2.77. The molecule has 0 bridgehead atoms. The van der Waals surface area contributed by atoms with Crippen molar-refractivity contribution in [1.82, 2.24) is 0 Å². The monoisotopic (exact) mass is 293 g/mol. The molecule has 2 rings (SSSR count). The van der Waals surface area contributed by atoms with Gasteiger partial charge in [-0.1, -0.05) is 6.07 Å². The fourth-order valence-corrected chi connectivity index (χ4v) is 2.77. The maximum Gasteiger partial charge on any atom is 0.160 e. The maximum absolute atomic E-state index is 11.8. The number of ketones is 1. The van der Waals surface area contributed by atoms with E-state index in [1.807, 2.05) is 26.8 Å². The Hall–Kier alpha value is -2.60. The number of carbonyl (C=O) groups is 1. The fraction of sp³-hybridized carbons (Fsp3) is 0.263. The second-order valence-corrected chi connectivity index (χ2v) is 5.47. The van der Waals surface area contributed by atoms with Crippen molar-refractivity contribution in [3.05, 3.63) is 63.7 Å². The summed E-state index contributed by atoms with van der Waals surface area (Å²) in [7, 11) is 0. The van der Waals surface area contributed by atoms with Crippen LogP contribution in [-0.2, 0) is 6.61 Å². The molecule has 0 aliphatic heterocycles. The van der Waals surface area contributed by atoms with Crippen LogP contribution in [0, 0.1) is 32.1 Å². The van der Waals surface area contributed by atoms with Crippen LogP contribution < -0.4 is 4.74 Å². The second kappa shape index (κ2) is 6.44. The molecule has 0 radical (unpaired) electrons. The van der Waals surface area contributed by atoms with E-state index in [0.29, 0.717) is 17.9 Å². The van der Waals surface area contributed by atoms with Gasteiger partial charge in [-0.25, -0.2) is 0 Å². The lowest BCUT2D eigenvalue weighted by Gasteiger charge is -2.16. The van der Waals surface area contributed by atoms with Crippen molar-refractivity contribution in [2.75, 3.05) is 0 Å². The Balaban J connectivity index is 2.27. The van der Waals surface area contributed by atoms with Gasteiger partial charge in [0, 0.05) is 5.56 Å². The van der Waals surface area contributed by atoms with E-state index >= 15 is 0 Å². The van der Waals surface area contributed by atoms with E-state index in [-0.39, 0.29) is 5.78 Å². The summed E-state index contributed by atoms with van der Waals surface area (Å²) in [6.45, 7) is 7.96. The number of hydrogen-bond acceptors (Lipinski definition) is 3. The van der Waals surface area contributed by atoms with E-state index in [0.717, 1.165) is 27.8 Å². The summed E-state index contributed by atoms with van der Waals surface area (Å²) < 4.78 is 5.81. The quantitative estimate of drug-likeness (QED) is 0.791. The molecule has 2 aromatic rings. The number of carbonyl (C=O) groups excluding carboxylic acids is 1. The second-order valence-electron chi connectivity index (χ2n) is 5.47. The molecule has 0 aliphatic carbocycles. The topological polar surface area (TPSA) is 50.1 Å². The van der Waals surface area contributed by atoms with Gasteiger partial charge in [-0.05, 0) is 74.2 Å². The minimum absolute atomic E-state index is 0.0784. The van der Waals surface area contributed by atoms with Gasteiger partial charge in [0.1, 0.15) is 12.4 Å². The zero-order valence-electron chi connectivity index (χ0n) is 13.4. The molecule has 0 unspecified atom stereocenters. The highest BCUT2D eigenvalue weighted by Crippen LogP contribution is 2.24. The molecule has 0 saturated carbocycles. The Morgan fingerprint density at radius 2 is 1.77 bits per heavy atom. The number of aryl methyl sites for hydroxylation is 2. The van der Waals surface area contributed by atoms with Crippen LogP contribution in [0.25, 0.3) is 0 Å². The molecule has 0 amide bonds. The molecule has 0 aliphatic rings. The van der Waals surface area contributed by atoms with Crippen LogP contribution >= 0.6 is 0 Å². The number of nitriles is 1. The predicted octanol–water partition coefficient (Wildman–Crippen LogP) is 4.27. The first-order valence-corrected chi connectivity index (χ1v) is 7.17. The molecular weight excluding hydrogens is 274 g/mol. The Morgan fingerprint density at radius 1 is 1.14 bits per heavy atom. The Kier molecular flexibility index (Phi) is 4.62. The van der Waals surface area contributed by atoms with Crippen LogP contribution in [0.1, 0.15) is 45.1 Å². The maximum atomic E-state index is 11.8. The first-order valence-electron chi connectivity index (χ1n) is 7.17. The van der Waals surface area contributed by atoms with Crippen molar-refractivity contribution in [2.24, 2.45) is 0 Å². The standard InChI is InChI=1S/C19H19NO2/c1-12-9-13(2)19(15(4)21)14(3)18(12)11-22-17-7-5-16(10-20)6-8-17/h5-9H,11H2,1-4H3. The van der Waals surface area contributed by atoms with Crippen LogP contribution in [0.4, 0.5) is 0 Å². The van der Waals surface area contributed by atoms with E-state index in [2.05, 4.69) is 6.07 Å². The smallest absolute Gasteiger partial charge is 0.160 e. The van der Waals surface area contributed by atoms with Crippen molar-refractivity contribution in [1.29, 1.82) is 5.26 Å². The van der Waals surface area contributed by atoms with Crippen molar-refractivity contribution in [3.8, 4) is 11.8 Å². The SMILES string of the molecule is CC(=O)c1c(C)cc(C)c(COc2ccc(C#N)cc2)c1C. The molecule has 0 spiro atoms. The molecule has 112 valence electrons. The van der Waals surface area contributed by atoms with Gasteiger partial charge in [-0.15, -0.1) is 0 Å². The van der Waals surface area contributed by atoms with Crippen molar-refractivity contribution in [3.63, 3.8) is 0 Å². The van der Waals surface area contributed by atoms with E-state index in [9.17, 15) is 4.79 Å². The molecule has 22 heavy (non-hydrogen) atoms. The van der Waals surface area contributed by atoms with Crippen molar-refractivity contribution < 1.29 is 9.53 Å². The van der Waals surface area contributed by atoms with Gasteiger partial charge in [-0.3, -0.25) is 4.79 Å². The molecule has 0 atom stereocenters. The van der Waals surface area contributed by atoms with E-state index in [1.165, 1.54) is 0 Å². The highest BCUT2D eigenvalue weighted by atomic mass is 16.5. The molecule has 2 aromatic carbocycles. The lowest BCUT2D eigenvalue weighted by Crippen LogP contribution is -2.08. The summed E-state index contributed by atoms with van der Waals surface area (Å²) in [5, 5.41) is 8.79. The van der Waals surface area contributed by atoms with Gasteiger partial charge >= 0.3 is 0 Å². The molecule has 0 saturated heterocycles. The number of ether oxygens (including phenoxy) is 1. The summed E-state index contributed by atoms with van der Waals surface area (Å²) >= 11 is 0. The molecule has 3 nitrogen and oxygen atoms in total. The van der Waals surface area contributed by atoms with Crippen LogP contribution in [0.2, 0.25) is 0 Å². The first-order chi connectivity index (χ1) is 10.4. The van der Waals surface area contributed by atoms with Crippen LogP contribution in [-0.4, -0.2) is 5.78 Å². The Bertz CT molecular complexity index is 752. The molecular formula is C19H19NO2. The van der Waals surface area contributed by atoms with Crippen LogP contribution in [0.15, 0.2) is 30.3 Å². The number of hydrogen-bond donors (Lipinski definition) is 0. The molecule has 0 aromatic heterocycles. The number of rotatable bonds is 4.